The third-order valence-corrected chi connectivity index (χ3v) is 6.74. The van der Waals surface area contributed by atoms with Gasteiger partial charge in [0, 0.05) is 11.4 Å². The lowest BCUT2D eigenvalue weighted by Gasteiger charge is -2.24. The molecule has 4 nitrogen and oxygen atoms in total. The summed E-state index contributed by atoms with van der Waals surface area (Å²) in [5.74, 6) is 0.254. The van der Waals surface area contributed by atoms with E-state index < -0.39 is 0 Å². The number of benzene rings is 1. The summed E-state index contributed by atoms with van der Waals surface area (Å²) < 4.78 is 0. The van der Waals surface area contributed by atoms with Crippen LogP contribution in [0.1, 0.15) is 94.9 Å². The average Bonchev–Trinajstić information content (AvgIpc) is 3.07. The van der Waals surface area contributed by atoms with Gasteiger partial charge in [-0.25, -0.2) is 5.01 Å². The van der Waals surface area contributed by atoms with Gasteiger partial charge in [-0.05, 0) is 24.1 Å². The first-order chi connectivity index (χ1) is 14.1. The Morgan fingerprint density at radius 1 is 1.00 bits per heavy atom. The van der Waals surface area contributed by atoms with E-state index in [-0.39, 0.29) is 17.2 Å². The molecule has 1 saturated heterocycles. The summed E-state index contributed by atoms with van der Waals surface area (Å²) in [5, 5.41) is 1.96. The zero-order chi connectivity index (χ0) is 20.9. The second kappa shape index (κ2) is 13.9. The molecular weight excluding hydrogens is 404 g/mol. The lowest BCUT2D eigenvalue weighted by molar-refractivity contribution is -0.139. The van der Waals surface area contributed by atoms with Crippen molar-refractivity contribution in [3.8, 4) is 0 Å². The first kappa shape index (κ1) is 24.1. The largest absolute Gasteiger partial charge is 0.273 e. The zero-order valence-electron chi connectivity index (χ0n) is 17.6. The molecule has 1 atom stereocenters. The molecule has 1 aliphatic rings. The Labute approximate surface area is 185 Å². The van der Waals surface area contributed by atoms with Crippen molar-refractivity contribution in [1.82, 2.24) is 10.4 Å². The second-order valence-corrected chi connectivity index (χ2v) is 9.30. The summed E-state index contributed by atoms with van der Waals surface area (Å²) in [7, 11) is 0. The summed E-state index contributed by atoms with van der Waals surface area (Å²) in [6, 6.07) is 7.43. The van der Waals surface area contributed by atoms with E-state index in [9.17, 15) is 9.59 Å². The quantitative estimate of drug-likeness (QED) is 0.331. The number of hydrogen-bond donors (Lipinski definition) is 1. The Hall–Kier alpha value is -1.20. The van der Waals surface area contributed by atoms with Crippen molar-refractivity contribution in [2.75, 3.05) is 5.75 Å². The molecule has 0 aliphatic carbocycles. The molecule has 1 fully saturated rings. The van der Waals surface area contributed by atoms with Crippen molar-refractivity contribution in [2.45, 2.75) is 89.3 Å². The fourth-order valence-electron chi connectivity index (χ4n) is 3.56. The fraction of sp³-hybridized carbons (Fsp3) is 0.652. The maximum absolute atomic E-state index is 12.3. The highest BCUT2D eigenvalue weighted by atomic mass is 35.5. The summed E-state index contributed by atoms with van der Waals surface area (Å²) in [5.41, 5.74) is 3.79. The van der Waals surface area contributed by atoms with Gasteiger partial charge in [-0.1, -0.05) is 94.9 Å². The predicted molar refractivity (Wildman–Crippen MR) is 123 cm³/mol. The molecular formula is C23H35ClN2O2S. The van der Waals surface area contributed by atoms with Crippen LogP contribution in [0.2, 0.25) is 5.02 Å². The van der Waals surface area contributed by atoms with Crippen molar-refractivity contribution in [3.05, 3.63) is 34.9 Å². The van der Waals surface area contributed by atoms with Gasteiger partial charge in [0.2, 0.25) is 5.91 Å². The van der Waals surface area contributed by atoms with Crippen LogP contribution < -0.4 is 5.43 Å². The molecule has 0 spiro atoms. The number of carbonyl (C=O) groups excluding carboxylic acids is 2. The van der Waals surface area contributed by atoms with Gasteiger partial charge in [0.25, 0.3) is 5.91 Å². The number of nitrogens with one attached hydrogen (secondary N) is 1. The van der Waals surface area contributed by atoms with Crippen molar-refractivity contribution in [1.29, 1.82) is 0 Å². The van der Waals surface area contributed by atoms with Crippen LogP contribution in [0.15, 0.2) is 24.3 Å². The summed E-state index contributed by atoms with van der Waals surface area (Å²) in [4.78, 5) is 24.5. The first-order valence-corrected chi connectivity index (χ1v) is 12.5. The van der Waals surface area contributed by atoms with Crippen LogP contribution >= 0.6 is 23.4 Å². The predicted octanol–water partition coefficient (Wildman–Crippen LogP) is 6.65. The standard InChI is InChI=1S/C23H35ClN2O2S/c1-2-3-4-5-6-7-8-9-10-11-12-13-21(27)25-26-22(28)18-29-23(26)19-14-16-20(24)17-15-19/h14-17,23H,2-13,18H2,1H3,(H,25,27). The molecule has 1 heterocycles. The molecule has 29 heavy (non-hydrogen) atoms. The fourth-order valence-corrected chi connectivity index (χ4v) is 4.79. The molecule has 6 heteroatoms. The SMILES string of the molecule is CCCCCCCCCCCCCC(=O)NN1C(=O)CSC1c1ccc(Cl)cc1. The second-order valence-electron chi connectivity index (χ2n) is 7.80. The van der Waals surface area contributed by atoms with E-state index in [1.807, 2.05) is 24.3 Å². The highest BCUT2D eigenvalue weighted by molar-refractivity contribution is 8.00. The lowest BCUT2D eigenvalue weighted by atomic mass is 10.1. The topological polar surface area (TPSA) is 49.4 Å². The normalized spacial score (nSPS) is 16.4. The Balaban J connectivity index is 1.58. The number of rotatable bonds is 14. The van der Waals surface area contributed by atoms with Crippen LogP contribution in [0.3, 0.4) is 0 Å². The Morgan fingerprint density at radius 3 is 2.14 bits per heavy atom. The maximum Gasteiger partial charge on any atom is 0.252 e. The van der Waals surface area contributed by atoms with E-state index in [0.717, 1.165) is 18.4 Å². The molecule has 2 amide bonds. The maximum atomic E-state index is 12.3. The van der Waals surface area contributed by atoms with Gasteiger partial charge in [-0.3, -0.25) is 15.0 Å². The minimum absolute atomic E-state index is 0.0535. The first-order valence-electron chi connectivity index (χ1n) is 11.1. The average molecular weight is 439 g/mol. The van der Waals surface area contributed by atoms with E-state index in [4.69, 9.17) is 11.6 Å². The van der Waals surface area contributed by atoms with E-state index in [0.29, 0.717) is 17.2 Å². The van der Waals surface area contributed by atoms with E-state index >= 15 is 0 Å². The summed E-state index contributed by atoms with van der Waals surface area (Å²) in [6.45, 7) is 2.25. The molecule has 1 aliphatic heterocycles. The van der Waals surface area contributed by atoms with Crippen molar-refractivity contribution < 1.29 is 9.59 Å². The molecule has 0 saturated carbocycles. The van der Waals surface area contributed by atoms with E-state index in [2.05, 4.69) is 12.3 Å². The van der Waals surface area contributed by atoms with Gasteiger partial charge in [0.15, 0.2) is 0 Å². The van der Waals surface area contributed by atoms with Gasteiger partial charge in [0.1, 0.15) is 5.37 Å². The monoisotopic (exact) mass is 438 g/mol. The minimum atomic E-state index is -0.180. The highest BCUT2D eigenvalue weighted by Gasteiger charge is 2.34. The number of thioether (sulfide) groups is 1. The number of unbranched alkanes of at least 4 members (excludes halogenated alkanes) is 10. The molecule has 1 aromatic carbocycles. The van der Waals surface area contributed by atoms with E-state index in [1.54, 1.807) is 0 Å². The van der Waals surface area contributed by atoms with Crippen molar-refractivity contribution >= 4 is 35.2 Å². The van der Waals surface area contributed by atoms with Crippen LogP contribution in [-0.4, -0.2) is 22.6 Å². The lowest BCUT2D eigenvalue weighted by Crippen LogP contribution is -2.44. The summed E-state index contributed by atoms with van der Waals surface area (Å²) >= 11 is 7.47. The van der Waals surface area contributed by atoms with Crippen molar-refractivity contribution in [3.63, 3.8) is 0 Å². The molecule has 0 bridgehead atoms. The number of hydrazine groups is 1. The Morgan fingerprint density at radius 2 is 1.55 bits per heavy atom. The highest BCUT2D eigenvalue weighted by Crippen LogP contribution is 2.37. The van der Waals surface area contributed by atoms with Crippen LogP contribution in [-0.2, 0) is 9.59 Å². The number of hydrogen-bond acceptors (Lipinski definition) is 3. The number of amides is 2. The van der Waals surface area contributed by atoms with Gasteiger partial charge in [-0.15, -0.1) is 11.8 Å². The van der Waals surface area contributed by atoms with Crippen LogP contribution in [0.4, 0.5) is 0 Å². The van der Waals surface area contributed by atoms with E-state index in [1.165, 1.54) is 74.6 Å². The molecule has 0 aromatic heterocycles. The number of carbonyl (C=O) groups is 2. The smallest absolute Gasteiger partial charge is 0.252 e. The molecule has 1 aromatic rings. The molecule has 0 radical (unpaired) electrons. The van der Waals surface area contributed by atoms with Gasteiger partial charge in [-0.2, -0.15) is 0 Å². The van der Waals surface area contributed by atoms with Crippen LogP contribution in [0, 0.1) is 0 Å². The Bertz CT molecular complexity index is 624. The van der Waals surface area contributed by atoms with Crippen molar-refractivity contribution in [2.24, 2.45) is 0 Å². The third kappa shape index (κ3) is 9.00. The summed E-state index contributed by atoms with van der Waals surface area (Å²) in [6.07, 6.45) is 14.3. The zero-order valence-corrected chi connectivity index (χ0v) is 19.2. The molecule has 162 valence electrons. The van der Waals surface area contributed by atoms with Crippen LogP contribution in [0.5, 0.6) is 0 Å². The Kier molecular flexibility index (Phi) is 11.6. The van der Waals surface area contributed by atoms with Gasteiger partial charge in [0.05, 0.1) is 5.75 Å². The molecule has 1 N–H and O–H groups in total. The van der Waals surface area contributed by atoms with Crippen LogP contribution in [0.25, 0.3) is 0 Å². The molecule has 2 rings (SSSR count). The number of nitrogens with zero attached hydrogens (tertiary/aromatic N) is 1. The number of halogens is 1. The van der Waals surface area contributed by atoms with Gasteiger partial charge < -0.3 is 0 Å². The van der Waals surface area contributed by atoms with Gasteiger partial charge >= 0.3 is 0 Å². The third-order valence-electron chi connectivity index (χ3n) is 5.28. The minimum Gasteiger partial charge on any atom is -0.273 e. The molecule has 1 unspecified atom stereocenters.